The predicted molar refractivity (Wildman–Crippen MR) is 165 cm³/mol. The minimum absolute atomic E-state index is 0.203. The molecule has 11 heteroatoms. The molecule has 0 radical (unpaired) electrons. The summed E-state index contributed by atoms with van der Waals surface area (Å²) in [6.45, 7) is 0.805. The first kappa shape index (κ1) is 31.2. The number of carboxylic acids is 1. The second kappa shape index (κ2) is 13.6. The summed E-state index contributed by atoms with van der Waals surface area (Å²) in [6.07, 6.45) is 5.04. The monoisotopic (exact) mass is 622 g/mol. The van der Waals surface area contributed by atoms with Gasteiger partial charge in [0.15, 0.2) is 0 Å². The van der Waals surface area contributed by atoms with Crippen molar-refractivity contribution >= 4 is 32.9 Å². The first-order chi connectivity index (χ1) is 21.1. The van der Waals surface area contributed by atoms with Gasteiger partial charge in [-0.3, -0.25) is 4.79 Å². The Kier molecular flexibility index (Phi) is 9.65. The van der Waals surface area contributed by atoms with Gasteiger partial charge in [0.05, 0.1) is 23.5 Å². The zero-order valence-corrected chi connectivity index (χ0v) is 25.2. The Morgan fingerprint density at radius 1 is 1.00 bits per heavy atom. The topological polar surface area (TPSA) is 135 Å². The average Bonchev–Trinajstić information content (AvgIpc) is 3.78. The lowest BCUT2D eigenvalue weighted by atomic mass is 9.98. The lowest BCUT2D eigenvalue weighted by Crippen LogP contribution is -2.26. The molecule has 0 saturated heterocycles. The van der Waals surface area contributed by atoms with E-state index in [1.807, 2.05) is 6.07 Å². The molecule has 1 aromatic heterocycles. The highest BCUT2D eigenvalue weighted by atomic mass is 32.2. The molecule has 0 spiro atoms. The molecule has 0 atom stereocenters. The molecule has 4 aromatic rings. The standard InChI is InChI=1S/C33H35FN2O7S/c1-35-32(37)30-28-19-27(21-6-7-21)24(18-29(28)43-31(30)22-8-12-25(34)13-9-22)20-44(40,41)36-16-4-2-3-5-17-42-26-14-10-23(11-15-26)33(38)39/h8-15,18-19,21,36H,2-7,16-17,20H2,1H3,(H,35,37)(H,38,39). The number of furan rings is 1. The number of benzene rings is 3. The van der Waals surface area contributed by atoms with Crippen LogP contribution in [-0.4, -0.2) is 45.6 Å². The van der Waals surface area contributed by atoms with Gasteiger partial charge in [-0.05, 0) is 103 Å². The second-order valence-electron chi connectivity index (χ2n) is 11.0. The number of nitrogens with one attached hydrogen (secondary N) is 2. The van der Waals surface area contributed by atoms with Crippen LogP contribution >= 0.6 is 0 Å². The van der Waals surface area contributed by atoms with Gasteiger partial charge >= 0.3 is 5.97 Å². The molecule has 0 aliphatic heterocycles. The van der Waals surface area contributed by atoms with E-state index in [2.05, 4.69) is 10.0 Å². The molecule has 3 N–H and O–H groups in total. The normalized spacial score (nSPS) is 13.2. The second-order valence-corrected chi connectivity index (χ2v) is 12.8. The molecule has 1 fully saturated rings. The molecule has 9 nitrogen and oxygen atoms in total. The zero-order chi connectivity index (χ0) is 31.3. The van der Waals surface area contributed by atoms with Crippen molar-refractivity contribution in [3.8, 4) is 17.1 Å². The van der Waals surface area contributed by atoms with E-state index in [-0.39, 0.29) is 23.1 Å². The summed E-state index contributed by atoms with van der Waals surface area (Å²) >= 11 is 0. The number of rotatable bonds is 15. The smallest absolute Gasteiger partial charge is 0.335 e. The van der Waals surface area contributed by atoms with Gasteiger partial charge in [-0.25, -0.2) is 22.3 Å². The Balaban J connectivity index is 1.19. The van der Waals surface area contributed by atoms with Gasteiger partial charge < -0.3 is 19.6 Å². The Bertz CT molecular complexity index is 1750. The number of carboxylic acid groups (broad SMARTS) is 1. The highest BCUT2D eigenvalue weighted by Crippen LogP contribution is 2.45. The van der Waals surface area contributed by atoms with Crippen LogP contribution in [0.3, 0.4) is 0 Å². The van der Waals surface area contributed by atoms with E-state index in [4.69, 9.17) is 14.3 Å². The number of aromatic carboxylic acids is 1. The van der Waals surface area contributed by atoms with Gasteiger partial charge in [0, 0.05) is 24.5 Å². The van der Waals surface area contributed by atoms with E-state index in [1.54, 1.807) is 30.3 Å². The summed E-state index contributed by atoms with van der Waals surface area (Å²) in [5.41, 5.74) is 3.03. The maximum atomic E-state index is 13.6. The highest BCUT2D eigenvalue weighted by molar-refractivity contribution is 7.88. The number of hydrogen-bond donors (Lipinski definition) is 3. The highest BCUT2D eigenvalue weighted by Gasteiger charge is 2.30. The van der Waals surface area contributed by atoms with Crippen molar-refractivity contribution in [2.45, 2.75) is 50.2 Å². The Morgan fingerprint density at radius 3 is 2.36 bits per heavy atom. The molecule has 1 amide bonds. The molecule has 1 saturated carbocycles. The van der Waals surface area contributed by atoms with Gasteiger partial charge in [-0.15, -0.1) is 0 Å². The molecular formula is C33H35FN2O7S. The summed E-state index contributed by atoms with van der Waals surface area (Å²) < 4.78 is 54.2. The van der Waals surface area contributed by atoms with Crippen LogP contribution < -0.4 is 14.8 Å². The fourth-order valence-corrected chi connectivity index (χ4v) is 6.42. The predicted octanol–water partition coefficient (Wildman–Crippen LogP) is 6.23. The van der Waals surface area contributed by atoms with E-state index in [9.17, 15) is 22.4 Å². The first-order valence-corrected chi connectivity index (χ1v) is 16.3. The van der Waals surface area contributed by atoms with Crippen LogP contribution in [-0.2, 0) is 15.8 Å². The van der Waals surface area contributed by atoms with Crippen LogP contribution in [0.2, 0.25) is 0 Å². The van der Waals surface area contributed by atoms with E-state index < -0.39 is 21.8 Å². The number of carbonyl (C=O) groups excluding carboxylic acids is 1. The van der Waals surface area contributed by atoms with Gasteiger partial charge in [0.25, 0.3) is 5.91 Å². The van der Waals surface area contributed by atoms with Crippen LogP contribution in [0.4, 0.5) is 4.39 Å². The molecule has 1 heterocycles. The van der Waals surface area contributed by atoms with Crippen LogP contribution in [0.15, 0.2) is 65.1 Å². The number of ether oxygens (including phenoxy) is 1. The number of unbranched alkanes of at least 4 members (excludes halogenated alkanes) is 3. The van der Waals surface area contributed by atoms with E-state index in [1.165, 1.54) is 31.3 Å². The molecule has 1 aliphatic carbocycles. The van der Waals surface area contributed by atoms with Crippen molar-refractivity contribution < 1.29 is 36.7 Å². The molecule has 0 bridgehead atoms. The van der Waals surface area contributed by atoms with Crippen LogP contribution in [0.25, 0.3) is 22.3 Å². The molecule has 5 rings (SSSR count). The number of hydrogen-bond acceptors (Lipinski definition) is 6. The molecule has 3 aromatic carbocycles. The summed E-state index contributed by atoms with van der Waals surface area (Å²) in [6, 6.07) is 15.5. The third-order valence-electron chi connectivity index (χ3n) is 7.64. The zero-order valence-electron chi connectivity index (χ0n) is 24.4. The van der Waals surface area contributed by atoms with Gasteiger partial charge in [-0.2, -0.15) is 0 Å². The van der Waals surface area contributed by atoms with Gasteiger partial charge in [0.1, 0.15) is 22.9 Å². The number of amides is 1. The minimum Gasteiger partial charge on any atom is -0.494 e. The number of carbonyl (C=O) groups is 2. The maximum absolute atomic E-state index is 13.6. The third kappa shape index (κ3) is 7.64. The summed E-state index contributed by atoms with van der Waals surface area (Å²) in [7, 11) is -2.11. The number of halogens is 1. The molecule has 1 aliphatic rings. The van der Waals surface area contributed by atoms with Crippen molar-refractivity contribution in [3.63, 3.8) is 0 Å². The number of sulfonamides is 1. The third-order valence-corrected chi connectivity index (χ3v) is 8.97. The van der Waals surface area contributed by atoms with Crippen molar-refractivity contribution in [1.82, 2.24) is 10.0 Å². The van der Waals surface area contributed by atoms with Crippen molar-refractivity contribution in [3.05, 3.63) is 88.7 Å². The molecular weight excluding hydrogens is 587 g/mol. The van der Waals surface area contributed by atoms with Crippen molar-refractivity contribution in [2.24, 2.45) is 0 Å². The summed E-state index contributed by atoms with van der Waals surface area (Å²) in [5.74, 6) is -0.790. The van der Waals surface area contributed by atoms with Crippen molar-refractivity contribution in [1.29, 1.82) is 0 Å². The maximum Gasteiger partial charge on any atom is 0.335 e. The Hall–Kier alpha value is -4.22. The summed E-state index contributed by atoms with van der Waals surface area (Å²) in [5, 5.41) is 12.2. The van der Waals surface area contributed by atoms with Crippen LogP contribution in [0, 0.1) is 5.82 Å². The molecule has 0 unspecified atom stereocenters. The van der Waals surface area contributed by atoms with E-state index >= 15 is 0 Å². The van der Waals surface area contributed by atoms with E-state index in [0.717, 1.165) is 37.7 Å². The lowest BCUT2D eigenvalue weighted by Gasteiger charge is -2.12. The van der Waals surface area contributed by atoms with Crippen LogP contribution in [0.5, 0.6) is 5.75 Å². The fourth-order valence-electron chi connectivity index (χ4n) is 5.20. The van der Waals surface area contributed by atoms with Crippen molar-refractivity contribution in [2.75, 3.05) is 20.2 Å². The number of fused-ring (bicyclic) bond motifs is 1. The fraction of sp³-hybridized carbons (Fsp3) is 0.333. The largest absolute Gasteiger partial charge is 0.494 e. The SMILES string of the molecule is CNC(=O)c1c(-c2ccc(F)cc2)oc2cc(CS(=O)(=O)NCCCCCCOc3ccc(C(=O)O)cc3)c(C3CC3)cc12. The minimum atomic E-state index is -3.63. The average molecular weight is 623 g/mol. The van der Waals surface area contributed by atoms with Gasteiger partial charge in [0.2, 0.25) is 10.0 Å². The quantitative estimate of drug-likeness (QED) is 0.134. The molecule has 44 heavy (non-hydrogen) atoms. The Morgan fingerprint density at radius 2 is 1.70 bits per heavy atom. The first-order valence-electron chi connectivity index (χ1n) is 14.7. The molecule has 232 valence electrons. The lowest BCUT2D eigenvalue weighted by molar-refractivity contribution is 0.0696. The Labute approximate surface area is 255 Å². The summed E-state index contributed by atoms with van der Waals surface area (Å²) in [4.78, 5) is 23.8. The van der Waals surface area contributed by atoms with Crippen LogP contribution in [0.1, 0.15) is 76.3 Å². The van der Waals surface area contributed by atoms with E-state index in [0.29, 0.717) is 58.7 Å². The van der Waals surface area contributed by atoms with Gasteiger partial charge in [-0.1, -0.05) is 12.8 Å².